The summed E-state index contributed by atoms with van der Waals surface area (Å²) in [6.45, 7) is 5.98. The van der Waals surface area contributed by atoms with Gasteiger partial charge >= 0.3 is 0 Å². The van der Waals surface area contributed by atoms with Gasteiger partial charge in [0, 0.05) is 42.0 Å². The molecule has 0 aliphatic carbocycles. The molecule has 0 unspecified atom stereocenters. The van der Waals surface area contributed by atoms with Gasteiger partial charge in [0.1, 0.15) is 0 Å². The molecule has 0 radical (unpaired) electrons. The molecule has 1 amide bonds. The van der Waals surface area contributed by atoms with E-state index in [1.54, 1.807) is 36.3 Å². The van der Waals surface area contributed by atoms with E-state index in [9.17, 15) is 4.79 Å². The van der Waals surface area contributed by atoms with E-state index >= 15 is 0 Å². The molecule has 0 atom stereocenters. The summed E-state index contributed by atoms with van der Waals surface area (Å²) in [6, 6.07) is 9.19. The second-order valence-electron chi connectivity index (χ2n) is 6.55. The predicted molar refractivity (Wildman–Crippen MR) is 104 cm³/mol. The first-order valence-corrected chi connectivity index (χ1v) is 8.69. The highest BCUT2D eigenvalue weighted by Crippen LogP contribution is 2.15. The second kappa shape index (κ2) is 7.83. The van der Waals surface area contributed by atoms with E-state index < -0.39 is 0 Å². The van der Waals surface area contributed by atoms with Gasteiger partial charge in [-0.2, -0.15) is 10.1 Å². The lowest BCUT2D eigenvalue weighted by atomic mass is 10.0. The van der Waals surface area contributed by atoms with Crippen LogP contribution in [-0.4, -0.2) is 25.7 Å². The van der Waals surface area contributed by atoms with E-state index in [1.807, 2.05) is 39.0 Å². The van der Waals surface area contributed by atoms with Gasteiger partial charge in [-0.3, -0.25) is 15.1 Å². The van der Waals surface area contributed by atoms with Gasteiger partial charge in [-0.1, -0.05) is 31.8 Å². The van der Waals surface area contributed by atoms with Crippen molar-refractivity contribution in [3.8, 4) is 11.8 Å². The van der Waals surface area contributed by atoms with Gasteiger partial charge in [0.05, 0.1) is 0 Å². The zero-order valence-corrected chi connectivity index (χ0v) is 15.8. The van der Waals surface area contributed by atoms with Gasteiger partial charge in [-0.15, -0.1) is 0 Å². The Morgan fingerprint density at radius 2 is 2.04 bits per heavy atom. The summed E-state index contributed by atoms with van der Waals surface area (Å²) in [5, 5.41) is 7.13. The normalized spacial score (nSPS) is 10.4. The Morgan fingerprint density at radius 1 is 1.22 bits per heavy atom. The summed E-state index contributed by atoms with van der Waals surface area (Å²) in [5.74, 6) is 7.25. The van der Waals surface area contributed by atoms with Crippen molar-refractivity contribution < 1.29 is 4.79 Å². The van der Waals surface area contributed by atoms with Crippen LogP contribution in [0.1, 0.15) is 52.6 Å². The highest BCUT2D eigenvalue weighted by Gasteiger charge is 2.14. The fraction of sp³-hybridized carbons (Fsp3) is 0.238. The number of amides is 1. The first kappa shape index (κ1) is 18.3. The van der Waals surface area contributed by atoms with Crippen LogP contribution in [0, 0.1) is 18.8 Å². The average Bonchev–Trinajstić information content (AvgIpc) is 3.02. The number of carbonyl (C=O) groups excluding carboxylic acids is 1. The Labute approximate surface area is 158 Å². The largest absolute Gasteiger partial charge is 0.291 e. The summed E-state index contributed by atoms with van der Waals surface area (Å²) in [5.41, 5.74) is 3.15. The van der Waals surface area contributed by atoms with Gasteiger partial charge in [-0.25, -0.2) is 4.68 Å². The van der Waals surface area contributed by atoms with Crippen LogP contribution in [0.4, 0.5) is 5.95 Å². The third kappa shape index (κ3) is 4.39. The molecule has 0 bridgehead atoms. The number of rotatable bonds is 3. The average molecular weight is 359 g/mol. The number of aromatic nitrogens is 4. The maximum Gasteiger partial charge on any atom is 0.258 e. The first-order chi connectivity index (χ1) is 12.9. The van der Waals surface area contributed by atoms with Gasteiger partial charge in [-0.05, 0) is 36.8 Å². The summed E-state index contributed by atoms with van der Waals surface area (Å²) >= 11 is 0. The maximum absolute atomic E-state index is 12.6. The number of pyridine rings is 1. The fourth-order valence-electron chi connectivity index (χ4n) is 2.41. The zero-order chi connectivity index (χ0) is 19.4. The van der Waals surface area contributed by atoms with Crippen molar-refractivity contribution in [2.24, 2.45) is 7.05 Å². The van der Waals surface area contributed by atoms with Crippen LogP contribution >= 0.6 is 0 Å². The minimum atomic E-state index is -0.245. The first-order valence-electron chi connectivity index (χ1n) is 8.69. The molecule has 1 N–H and O–H groups in total. The van der Waals surface area contributed by atoms with E-state index in [0.29, 0.717) is 17.3 Å². The maximum atomic E-state index is 12.6. The van der Waals surface area contributed by atoms with Crippen LogP contribution in [0.2, 0.25) is 0 Å². The number of benzene rings is 1. The van der Waals surface area contributed by atoms with E-state index in [1.165, 1.54) is 0 Å². The number of nitrogens with zero attached hydrogens (tertiary/aromatic N) is 4. The van der Waals surface area contributed by atoms with E-state index in [2.05, 4.69) is 32.2 Å². The standard InChI is InChI=1S/C21H21N5O/c1-14(2)19-23-21(26(4)25-19)24-20(27)18-9-7-15(3)17(12-18)10-8-16-6-5-11-22-13-16/h5-7,9,11-14H,1-4H3,(H,23,24,25,27). The monoisotopic (exact) mass is 359 g/mol. The van der Waals surface area contributed by atoms with Crippen LogP contribution in [0.3, 0.4) is 0 Å². The molecule has 3 rings (SSSR count). The van der Waals surface area contributed by atoms with Crippen molar-refractivity contribution in [3.63, 3.8) is 0 Å². The van der Waals surface area contributed by atoms with Gasteiger partial charge in [0.2, 0.25) is 5.95 Å². The van der Waals surface area contributed by atoms with Crippen LogP contribution in [-0.2, 0) is 7.05 Å². The van der Waals surface area contributed by atoms with Gasteiger partial charge < -0.3 is 0 Å². The van der Waals surface area contributed by atoms with Crippen LogP contribution in [0.25, 0.3) is 0 Å². The molecule has 3 aromatic rings. The molecule has 1 aromatic carbocycles. The van der Waals surface area contributed by atoms with Crippen molar-refractivity contribution >= 4 is 11.9 Å². The molecule has 0 saturated heterocycles. The van der Waals surface area contributed by atoms with E-state index in [-0.39, 0.29) is 11.8 Å². The Morgan fingerprint density at radius 3 is 2.70 bits per heavy atom. The van der Waals surface area contributed by atoms with Crippen molar-refractivity contribution in [3.05, 3.63) is 70.8 Å². The molecular formula is C21H21N5O. The highest BCUT2D eigenvalue weighted by molar-refractivity contribution is 6.03. The lowest BCUT2D eigenvalue weighted by molar-refractivity contribution is 0.102. The Bertz CT molecular complexity index is 1030. The minimum absolute atomic E-state index is 0.190. The highest BCUT2D eigenvalue weighted by atomic mass is 16.1. The van der Waals surface area contributed by atoms with Crippen LogP contribution in [0.5, 0.6) is 0 Å². The molecule has 136 valence electrons. The quantitative estimate of drug-likeness (QED) is 0.728. The summed E-state index contributed by atoms with van der Waals surface area (Å²) in [7, 11) is 1.76. The number of hydrogen-bond acceptors (Lipinski definition) is 4. The van der Waals surface area contributed by atoms with E-state index in [0.717, 1.165) is 16.7 Å². The fourth-order valence-corrected chi connectivity index (χ4v) is 2.41. The zero-order valence-electron chi connectivity index (χ0n) is 15.8. The predicted octanol–water partition coefficient (Wildman–Crippen LogP) is 3.29. The summed E-state index contributed by atoms with van der Waals surface area (Å²) in [6.07, 6.45) is 3.41. The van der Waals surface area contributed by atoms with E-state index in [4.69, 9.17) is 0 Å². The summed E-state index contributed by atoms with van der Waals surface area (Å²) < 4.78 is 1.57. The number of hydrogen-bond donors (Lipinski definition) is 1. The third-order valence-corrected chi connectivity index (χ3v) is 4.02. The molecule has 6 nitrogen and oxygen atoms in total. The smallest absolute Gasteiger partial charge is 0.258 e. The topological polar surface area (TPSA) is 72.7 Å². The number of aryl methyl sites for hydroxylation is 2. The van der Waals surface area contributed by atoms with Crippen LogP contribution in [0.15, 0.2) is 42.7 Å². The van der Waals surface area contributed by atoms with Crippen molar-refractivity contribution in [2.45, 2.75) is 26.7 Å². The van der Waals surface area contributed by atoms with Crippen molar-refractivity contribution in [1.29, 1.82) is 0 Å². The second-order valence-corrected chi connectivity index (χ2v) is 6.55. The number of nitrogens with one attached hydrogen (secondary N) is 1. The molecule has 0 aliphatic rings. The lowest BCUT2D eigenvalue weighted by Crippen LogP contribution is -2.15. The number of anilines is 1. The number of carbonyl (C=O) groups is 1. The molecule has 0 saturated carbocycles. The lowest BCUT2D eigenvalue weighted by Gasteiger charge is -2.06. The van der Waals surface area contributed by atoms with Gasteiger partial charge in [0.25, 0.3) is 5.91 Å². The Balaban J connectivity index is 1.83. The molecule has 2 heterocycles. The molecular weight excluding hydrogens is 338 g/mol. The molecule has 0 aliphatic heterocycles. The Kier molecular flexibility index (Phi) is 5.32. The molecule has 6 heteroatoms. The molecule has 0 fully saturated rings. The van der Waals surface area contributed by atoms with Crippen LogP contribution < -0.4 is 5.32 Å². The third-order valence-electron chi connectivity index (χ3n) is 4.02. The van der Waals surface area contributed by atoms with Crippen molar-refractivity contribution in [2.75, 3.05) is 5.32 Å². The Hall–Kier alpha value is -3.46. The summed E-state index contributed by atoms with van der Waals surface area (Å²) in [4.78, 5) is 21.1. The molecule has 0 spiro atoms. The molecule has 2 aromatic heterocycles. The SMILES string of the molecule is Cc1ccc(C(=O)Nc2nc(C(C)C)nn2C)cc1C#Cc1cccnc1. The molecule has 27 heavy (non-hydrogen) atoms. The minimum Gasteiger partial charge on any atom is -0.291 e. The van der Waals surface area contributed by atoms with Gasteiger partial charge in [0.15, 0.2) is 5.82 Å². The van der Waals surface area contributed by atoms with Crippen molar-refractivity contribution in [1.82, 2.24) is 19.7 Å².